The van der Waals surface area contributed by atoms with Crippen LogP contribution in [0.1, 0.15) is 66.0 Å². The summed E-state index contributed by atoms with van der Waals surface area (Å²) in [4.78, 5) is 12.7. The fourth-order valence-corrected chi connectivity index (χ4v) is 5.26. The van der Waals surface area contributed by atoms with E-state index in [0.29, 0.717) is 18.8 Å². The van der Waals surface area contributed by atoms with Gasteiger partial charge in [0.05, 0.1) is 0 Å². The van der Waals surface area contributed by atoms with E-state index in [4.69, 9.17) is 0 Å². The summed E-state index contributed by atoms with van der Waals surface area (Å²) in [5, 5.41) is 12.2. The Morgan fingerprint density at radius 2 is 1.74 bits per heavy atom. The maximum absolute atomic E-state index is 12.7. The molecule has 0 fully saturated rings. The molecule has 160 valence electrons. The monoisotopic (exact) mass is 414 g/mol. The molecule has 0 saturated heterocycles. The average Bonchev–Trinajstić information content (AvgIpc) is 3.41. The topological polar surface area (TPSA) is 59.8 Å². The van der Waals surface area contributed by atoms with Crippen molar-refractivity contribution in [3.63, 3.8) is 0 Å². The van der Waals surface area contributed by atoms with Crippen molar-refractivity contribution >= 4 is 11.6 Å². The number of hydrogen-bond acceptors (Lipinski definition) is 3. The molecule has 0 unspecified atom stereocenters. The summed E-state index contributed by atoms with van der Waals surface area (Å²) in [7, 11) is 0. The number of nitrogens with one attached hydrogen (secondary N) is 1. The van der Waals surface area contributed by atoms with Crippen LogP contribution in [0.3, 0.4) is 0 Å². The van der Waals surface area contributed by atoms with Gasteiger partial charge in [0.1, 0.15) is 11.6 Å². The van der Waals surface area contributed by atoms with Crippen LogP contribution in [0.15, 0.2) is 42.5 Å². The van der Waals surface area contributed by atoms with Crippen molar-refractivity contribution in [2.45, 2.75) is 70.8 Å². The molecule has 1 N–H and O–H groups in total. The molecule has 2 aliphatic carbocycles. The summed E-state index contributed by atoms with van der Waals surface area (Å²) in [6.45, 7) is 2.97. The summed E-state index contributed by atoms with van der Waals surface area (Å²) in [6, 6.07) is 14.9. The number of fused-ring (bicyclic) bond motifs is 2. The molecule has 0 atom stereocenters. The van der Waals surface area contributed by atoms with Gasteiger partial charge in [0.25, 0.3) is 0 Å². The molecule has 5 heteroatoms. The zero-order valence-corrected chi connectivity index (χ0v) is 18.2. The third-order valence-corrected chi connectivity index (χ3v) is 6.83. The van der Waals surface area contributed by atoms with Crippen molar-refractivity contribution in [3.8, 4) is 0 Å². The molecule has 5 nitrogen and oxygen atoms in total. The van der Waals surface area contributed by atoms with Gasteiger partial charge in [-0.3, -0.25) is 4.79 Å². The third-order valence-electron chi connectivity index (χ3n) is 6.83. The fraction of sp³-hybridized carbons (Fsp3) is 0.423. The van der Waals surface area contributed by atoms with Crippen molar-refractivity contribution in [2.75, 3.05) is 5.32 Å². The van der Waals surface area contributed by atoms with Gasteiger partial charge in [-0.15, -0.1) is 10.2 Å². The van der Waals surface area contributed by atoms with E-state index >= 15 is 0 Å². The third kappa shape index (κ3) is 4.01. The Morgan fingerprint density at radius 1 is 1.00 bits per heavy atom. The molecule has 2 aliphatic rings. The second-order valence-corrected chi connectivity index (χ2v) is 8.79. The number of hydrogen-bond donors (Lipinski definition) is 1. The first-order valence-corrected chi connectivity index (χ1v) is 11.6. The molecule has 5 rings (SSSR count). The number of aryl methyl sites for hydroxylation is 2. The van der Waals surface area contributed by atoms with Crippen molar-refractivity contribution in [1.29, 1.82) is 0 Å². The molecule has 31 heavy (non-hydrogen) atoms. The van der Waals surface area contributed by atoms with Crippen LogP contribution in [0.2, 0.25) is 0 Å². The van der Waals surface area contributed by atoms with Gasteiger partial charge >= 0.3 is 0 Å². The van der Waals surface area contributed by atoms with E-state index in [1.165, 1.54) is 35.1 Å². The molecule has 0 spiro atoms. The highest BCUT2D eigenvalue weighted by Gasteiger charge is 2.27. The van der Waals surface area contributed by atoms with E-state index in [9.17, 15) is 4.79 Å². The van der Waals surface area contributed by atoms with Crippen LogP contribution in [0, 0.1) is 0 Å². The van der Waals surface area contributed by atoms with E-state index in [0.717, 1.165) is 49.6 Å². The zero-order chi connectivity index (χ0) is 21.2. The Balaban J connectivity index is 1.25. The number of nitrogens with zero attached hydrogens (tertiary/aromatic N) is 3. The van der Waals surface area contributed by atoms with E-state index in [1.54, 1.807) is 0 Å². The Kier molecular flexibility index (Phi) is 5.58. The predicted octanol–water partition coefficient (Wildman–Crippen LogP) is 4.63. The van der Waals surface area contributed by atoms with Crippen molar-refractivity contribution in [1.82, 2.24) is 14.8 Å². The van der Waals surface area contributed by atoms with Crippen LogP contribution in [-0.2, 0) is 43.4 Å². The Hall–Kier alpha value is -2.95. The average molecular weight is 415 g/mol. The van der Waals surface area contributed by atoms with Crippen LogP contribution in [0.5, 0.6) is 0 Å². The normalized spacial score (nSPS) is 15.5. The molecular formula is C26H30N4O. The van der Waals surface area contributed by atoms with Gasteiger partial charge in [-0.2, -0.15) is 0 Å². The molecule has 0 radical (unpaired) electrons. The van der Waals surface area contributed by atoms with Crippen LogP contribution in [0.25, 0.3) is 0 Å². The highest BCUT2D eigenvalue weighted by Crippen LogP contribution is 2.33. The van der Waals surface area contributed by atoms with Gasteiger partial charge in [0, 0.05) is 31.0 Å². The smallest absolute Gasteiger partial charge is 0.224 e. The standard InChI is InChI=1S/C26H30N4O/c1-2-30-24(28-29-26(30)21-16-19-9-3-4-10-20(19)17-21)14-15-25(31)27-23-13-7-11-18-8-5-6-12-22(18)23/h3-4,7,9-11,13,21H,2,5-6,8,12,14-17H2,1H3,(H,27,31). The molecule has 1 heterocycles. The van der Waals surface area contributed by atoms with Crippen LogP contribution < -0.4 is 5.32 Å². The fourth-order valence-electron chi connectivity index (χ4n) is 5.26. The molecular weight excluding hydrogens is 384 g/mol. The number of benzene rings is 2. The summed E-state index contributed by atoms with van der Waals surface area (Å²) < 4.78 is 2.22. The molecule has 0 bridgehead atoms. The van der Waals surface area contributed by atoms with Crippen molar-refractivity contribution < 1.29 is 4.79 Å². The van der Waals surface area contributed by atoms with E-state index in [1.807, 2.05) is 6.07 Å². The lowest BCUT2D eigenvalue weighted by Crippen LogP contribution is -2.17. The first kappa shape index (κ1) is 20.0. The SMILES string of the molecule is CCn1c(CCC(=O)Nc2cccc3c2CCCC3)nnc1C1Cc2ccccc2C1. The van der Waals surface area contributed by atoms with Crippen molar-refractivity contribution in [2.24, 2.45) is 0 Å². The summed E-state index contributed by atoms with van der Waals surface area (Å²) in [5.74, 6) is 2.41. The number of rotatable bonds is 6. The van der Waals surface area contributed by atoms with E-state index in [-0.39, 0.29) is 5.91 Å². The lowest BCUT2D eigenvalue weighted by Gasteiger charge is -2.19. The Bertz CT molecular complexity index is 1080. The Labute approximate surface area is 183 Å². The number of aromatic nitrogens is 3. The summed E-state index contributed by atoms with van der Waals surface area (Å²) >= 11 is 0. The van der Waals surface area contributed by atoms with Gasteiger partial charge in [0.2, 0.25) is 5.91 Å². The highest BCUT2D eigenvalue weighted by molar-refractivity contribution is 5.91. The number of amides is 1. The maximum atomic E-state index is 12.7. The number of carbonyl (C=O) groups excluding carboxylic acids is 1. The van der Waals surface area contributed by atoms with Crippen LogP contribution in [0.4, 0.5) is 5.69 Å². The Morgan fingerprint density at radius 3 is 2.52 bits per heavy atom. The summed E-state index contributed by atoms with van der Waals surface area (Å²) in [5.41, 5.74) is 6.54. The lowest BCUT2D eigenvalue weighted by molar-refractivity contribution is -0.116. The van der Waals surface area contributed by atoms with Crippen molar-refractivity contribution in [3.05, 3.63) is 76.4 Å². The van der Waals surface area contributed by atoms with E-state index < -0.39 is 0 Å². The molecule has 0 aliphatic heterocycles. The largest absolute Gasteiger partial charge is 0.326 e. The minimum absolute atomic E-state index is 0.0550. The second-order valence-electron chi connectivity index (χ2n) is 8.79. The van der Waals surface area contributed by atoms with Crippen LogP contribution in [-0.4, -0.2) is 20.7 Å². The predicted molar refractivity (Wildman–Crippen MR) is 122 cm³/mol. The van der Waals surface area contributed by atoms with Gasteiger partial charge in [-0.05, 0) is 73.8 Å². The first-order valence-electron chi connectivity index (χ1n) is 11.6. The van der Waals surface area contributed by atoms with Gasteiger partial charge in [0.15, 0.2) is 0 Å². The highest BCUT2D eigenvalue weighted by atomic mass is 16.1. The molecule has 1 amide bonds. The lowest BCUT2D eigenvalue weighted by atomic mass is 9.90. The summed E-state index contributed by atoms with van der Waals surface area (Å²) in [6.07, 6.45) is 7.70. The minimum atomic E-state index is 0.0550. The number of carbonyl (C=O) groups is 1. The zero-order valence-electron chi connectivity index (χ0n) is 18.2. The second kappa shape index (κ2) is 8.66. The van der Waals surface area contributed by atoms with Gasteiger partial charge in [-0.25, -0.2) is 0 Å². The first-order chi connectivity index (χ1) is 15.2. The van der Waals surface area contributed by atoms with E-state index in [2.05, 4.69) is 63.4 Å². The molecule has 1 aromatic heterocycles. The number of anilines is 1. The molecule has 0 saturated carbocycles. The van der Waals surface area contributed by atoms with Gasteiger partial charge < -0.3 is 9.88 Å². The quantitative estimate of drug-likeness (QED) is 0.640. The molecule has 2 aromatic carbocycles. The van der Waals surface area contributed by atoms with Gasteiger partial charge in [-0.1, -0.05) is 36.4 Å². The molecule has 3 aromatic rings. The maximum Gasteiger partial charge on any atom is 0.224 e. The minimum Gasteiger partial charge on any atom is -0.326 e. The van der Waals surface area contributed by atoms with Crippen LogP contribution >= 0.6 is 0 Å².